The first-order valence-electron chi connectivity index (χ1n) is 12.6. The first-order valence-corrected chi connectivity index (χ1v) is 12.6. The first kappa shape index (κ1) is 22.4. The Labute approximate surface area is 188 Å². The lowest BCUT2D eigenvalue weighted by molar-refractivity contribution is 0.220. The summed E-state index contributed by atoms with van der Waals surface area (Å²) in [5.41, 5.74) is 2.56. The third kappa shape index (κ3) is 6.11. The van der Waals surface area contributed by atoms with Crippen LogP contribution in [0.3, 0.4) is 0 Å². The van der Waals surface area contributed by atoms with Crippen LogP contribution >= 0.6 is 0 Å². The zero-order valence-corrected chi connectivity index (χ0v) is 19.1. The van der Waals surface area contributed by atoms with E-state index in [1.807, 2.05) is 6.07 Å². The second kappa shape index (κ2) is 10.7. The van der Waals surface area contributed by atoms with Gasteiger partial charge in [0.05, 0.1) is 0 Å². The molecule has 2 aromatic carbocycles. The fourth-order valence-corrected chi connectivity index (χ4v) is 6.21. The molecule has 1 N–H and O–H groups in total. The van der Waals surface area contributed by atoms with Crippen LogP contribution in [-0.2, 0) is 0 Å². The summed E-state index contributed by atoms with van der Waals surface area (Å²) in [6.45, 7) is 2.39. The third-order valence-corrected chi connectivity index (χ3v) is 8.29. The Hall–Kier alpha value is -1.83. The van der Waals surface area contributed by atoms with Gasteiger partial charge in [-0.05, 0) is 85.0 Å². The van der Waals surface area contributed by atoms with Crippen molar-refractivity contribution in [2.45, 2.75) is 89.4 Å². The van der Waals surface area contributed by atoms with E-state index in [-0.39, 0.29) is 5.75 Å². The van der Waals surface area contributed by atoms with Crippen molar-refractivity contribution in [3.63, 3.8) is 0 Å². The highest BCUT2D eigenvalue weighted by molar-refractivity contribution is 5.30. The minimum absolute atomic E-state index is 0.235. The minimum Gasteiger partial charge on any atom is -0.505 e. The molecule has 4 rings (SSSR count). The molecule has 0 aromatic heterocycles. The van der Waals surface area contributed by atoms with E-state index in [4.69, 9.17) is 0 Å². The summed E-state index contributed by atoms with van der Waals surface area (Å²) in [6.07, 6.45) is 14.7. The standard InChI is InChI=1S/C29H39FO/c1-21(25-5-3-2-4-6-25)19-24-11-9-22(10-12-24)7-8-23-13-15-26(16-14-23)27-17-18-29(31)28(30)20-27/h2-6,17-18,20-24,26,31H,7-16,19H2,1H3/t21-,22?,23?,24?,26?/m0/s1. The molecule has 31 heavy (non-hydrogen) atoms. The molecular weight excluding hydrogens is 383 g/mol. The van der Waals surface area contributed by atoms with Crippen molar-refractivity contribution >= 4 is 0 Å². The van der Waals surface area contributed by atoms with E-state index in [0.29, 0.717) is 11.8 Å². The average Bonchev–Trinajstić information content (AvgIpc) is 2.81. The van der Waals surface area contributed by atoms with E-state index in [9.17, 15) is 9.50 Å². The lowest BCUT2D eigenvalue weighted by atomic mass is 9.73. The third-order valence-electron chi connectivity index (χ3n) is 8.29. The molecule has 0 saturated heterocycles. The van der Waals surface area contributed by atoms with Gasteiger partial charge < -0.3 is 5.11 Å². The quantitative estimate of drug-likeness (QED) is 0.473. The number of benzene rings is 2. The summed E-state index contributed by atoms with van der Waals surface area (Å²) in [5.74, 6) is 3.14. The smallest absolute Gasteiger partial charge is 0.165 e. The van der Waals surface area contributed by atoms with Crippen LogP contribution in [0.25, 0.3) is 0 Å². The maximum atomic E-state index is 13.7. The van der Waals surface area contributed by atoms with Crippen LogP contribution in [0.5, 0.6) is 5.75 Å². The number of phenols is 1. The Morgan fingerprint density at radius 1 is 0.806 bits per heavy atom. The average molecular weight is 423 g/mol. The van der Waals surface area contributed by atoms with Crippen molar-refractivity contribution in [1.82, 2.24) is 0 Å². The fraction of sp³-hybridized carbons (Fsp3) is 0.586. The molecule has 1 atom stereocenters. The van der Waals surface area contributed by atoms with E-state index < -0.39 is 5.82 Å². The molecule has 2 aliphatic carbocycles. The van der Waals surface area contributed by atoms with Crippen molar-refractivity contribution in [2.24, 2.45) is 17.8 Å². The van der Waals surface area contributed by atoms with Gasteiger partial charge in [-0.25, -0.2) is 4.39 Å². The van der Waals surface area contributed by atoms with Gasteiger partial charge in [0.25, 0.3) is 0 Å². The topological polar surface area (TPSA) is 20.2 Å². The molecule has 0 spiro atoms. The van der Waals surface area contributed by atoms with E-state index in [0.717, 1.165) is 23.3 Å². The number of hydrogen-bond donors (Lipinski definition) is 1. The van der Waals surface area contributed by atoms with Gasteiger partial charge in [-0.15, -0.1) is 0 Å². The first-order chi connectivity index (χ1) is 15.1. The number of phenolic OH excluding ortho intramolecular Hbond substituents is 1. The zero-order chi connectivity index (χ0) is 21.6. The van der Waals surface area contributed by atoms with Crippen LogP contribution < -0.4 is 0 Å². The molecule has 0 radical (unpaired) electrons. The molecule has 168 valence electrons. The van der Waals surface area contributed by atoms with Crippen LogP contribution in [-0.4, -0.2) is 5.11 Å². The second-order valence-electron chi connectivity index (χ2n) is 10.4. The molecule has 2 heteroatoms. The lowest BCUT2D eigenvalue weighted by Gasteiger charge is -2.33. The number of hydrogen-bond acceptors (Lipinski definition) is 1. The van der Waals surface area contributed by atoms with Crippen molar-refractivity contribution in [2.75, 3.05) is 0 Å². The van der Waals surface area contributed by atoms with Gasteiger partial charge >= 0.3 is 0 Å². The summed E-state index contributed by atoms with van der Waals surface area (Å²) in [4.78, 5) is 0. The fourth-order valence-electron chi connectivity index (χ4n) is 6.21. The molecule has 2 aliphatic rings. The van der Waals surface area contributed by atoms with Crippen LogP contribution in [0.1, 0.15) is 101 Å². The molecule has 1 nitrogen and oxygen atoms in total. The van der Waals surface area contributed by atoms with E-state index in [1.54, 1.807) is 0 Å². The Bertz CT molecular complexity index is 801. The number of aromatic hydroxyl groups is 1. The normalized spacial score (nSPS) is 27.7. The zero-order valence-electron chi connectivity index (χ0n) is 19.1. The predicted octanol–water partition coefficient (Wildman–Crippen LogP) is 8.59. The van der Waals surface area contributed by atoms with Gasteiger partial charge in [-0.3, -0.25) is 0 Å². The Kier molecular flexibility index (Phi) is 7.69. The van der Waals surface area contributed by atoms with Crippen molar-refractivity contribution in [3.8, 4) is 5.75 Å². The van der Waals surface area contributed by atoms with E-state index in [2.05, 4.69) is 37.3 Å². The molecule has 2 aromatic rings. The lowest BCUT2D eigenvalue weighted by Crippen LogP contribution is -2.18. The molecular formula is C29H39FO. The van der Waals surface area contributed by atoms with Gasteiger partial charge in [-0.1, -0.05) is 81.8 Å². The van der Waals surface area contributed by atoms with Crippen LogP contribution in [0.4, 0.5) is 4.39 Å². The highest BCUT2D eigenvalue weighted by Crippen LogP contribution is 2.41. The highest BCUT2D eigenvalue weighted by Gasteiger charge is 2.26. The van der Waals surface area contributed by atoms with Gasteiger partial charge in [-0.2, -0.15) is 0 Å². The number of rotatable bonds is 7. The molecule has 0 amide bonds. The number of halogens is 1. The minimum atomic E-state index is -0.478. The maximum Gasteiger partial charge on any atom is 0.165 e. The van der Waals surface area contributed by atoms with Crippen molar-refractivity contribution in [3.05, 3.63) is 65.5 Å². The molecule has 2 fully saturated rings. The summed E-state index contributed by atoms with van der Waals surface area (Å²) in [7, 11) is 0. The van der Waals surface area contributed by atoms with E-state index >= 15 is 0 Å². The van der Waals surface area contributed by atoms with E-state index in [1.165, 1.54) is 88.3 Å². The largest absolute Gasteiger partial charge is 0.505 e. The monoisotopic (exact) mass is 422 g/mol. The Morgan fingerprint density at radius 3 is 2.00 bits per heavy atom. The van der Waals surface area contributed by atoms with Crippen molar-refractivity contribution < 1.29 is 9.50 Å². The summed E-state index contributed by atoms with van der Waals surface area (Å²) in [5, 5.41) is 9.41. The molecule has 0 aliphatic heterocycles. The SMILES string of the molecule is C[C@@H](CC1CCC(CCC2CCC(c3ccc(O)c(F)c3)CC2)CC1)c1ccccc1. The predicted molar refractivity (Wildman–Crippen MR) is 127 cm³/mol. The maximum absolute atomic E-state index is 13.7. The van der Waals surface area contributed by atoms with Gasteiger partial charge in [0.2, 0.25) is 0 Å². The molecule has 2 saturated carbocycles. The summed E-state index contributed by atoms with van der Waals surface area (Å²) in [6, 6.07) is 16.0. The highest BCUT2D eigenvalue weighted by atomic mass is 19.1. The van der Waals surface area contributed by atoms with Gasteiger partial charge in [0, 0.05) is 0 Å². The molecule has 0 heterocycles. The van der Waals surface area contributed by atoms with Crippen molar-refractivity contribution in [1.29, 1.82) is 0 Å². The summed E-state index contributed by atoms with van der Waals surface area (Å²) < 4.78 is 13.7. The molecule has 0 unspecified atom stereocenters. The van der Waals surface area contributed by atoms with Crippen LogP contribution in [0.15, 0.2) is 48.5 Å². The van der Waals surface area contributed by atoms with Gasteiger partial charge in [0.1, 0.15) is 0 Å². The van der Waals surface area contributed by atoms with Gasteiger partial charge in [0.15, 0.2) is 11.6 Å². The van der Waals surface area contributed by atoms with Crippen LogP contribution in [0, 0.1) is 23.6 Å². The van der Waals surface area contributed by atoms with Crippen LogP contribution in [0.2, 0.25) is 0 Å². The Morgan fingerprint density at radius 2 is 1.39 bits per heavy atom. The Balaban J connectivity index is 1.14. The second-order valence-corrected chi connectivity index (χ2v) is 10.4. The summed E-state index contributed by atoms with van der Waals surface area (Å²) >= 11 is 0. The molecule has 0 bridgehead atoms.